The average Bonchev–Trinajstić information content (AvgIpc) is 3.06. The number of benzene rings is 1. The van der Waals surface area contributed by atoms with E-state index in [9.17, 15) is 0 Å². The van der Waals surface area contributed by atoms with Crippen molar-refractivity contribution in [1.82, 2.24) is 15.0 Å². The van der Waals surface area contributed by atoms with Crippen LogP contribution in [0.15, 0.2) is 60.4 Å². The van der Waals surface area contributed by atoms with Crippen LogP contribution in [-0.2, 0) is 6.42 Å². The van der Waals surface area contributed by atoms with Crippen LogP contribution in [0.5, 0.6) is 11.6 Å². The number of aromatic nitrogens is 3. The molecule has 1 N–H and O–H groups in total. The number of thiophene rings is 1. The molecule has 0 atom stereocenters. The smallest absolute Gasteiger partial charge is 0.219 e. The Morgan fingerprint density at radius 1 is 1.04 bits per heavy atom. The first-order chi connectivity index (χ1) is 12.8. The van der Waals surface area contributed by atoms with Crippen LogP contribution in [0.2, 0.25) is 5.02 Å². The summed E-state index contributed by atoms with van der Waals surface area (Å²) in [4.78, 5) is 13.6. The van der Waals surface area contributed by atoms with Crippen molar-refractivity contribution in [3.8, 4) is 11.6 Å². The third kappa shape index (κ3) is 3.76. The molecule has 1 aromatic carbocycles. The molecule has 0 saturated heterocycles. The molecule has 4 aromatic rings. The monoisotopic (exact) mass is 382 g/mol. The normalized spacial score (nSPS) is 10.8. The Morgan fingerprint density at radius 2 is 1.92 bits per heavy atom. The minimum atomic E-state index is 0.585. The maximum Gasteiger partial charge on any atom is 0.219 e. The number of pyridine rings is 1. The zero-order valence-electron chi connectivity index (χ0n) is 13.7. The van der Waals surface area contributed by atoms with Gasteiger partial charge in [-0.1, -0.05) is 29.8 Å². The lowest BCUT2D eigenvalue weighted by Crippen LogP contribution is -2.06. The van der Waals surface area contributed by atoms with E-state index in [0.29, 0.717) is 10.9 Å². The molecule has 0 bridgehead atoms. The van der Waals surface area contributed by atoms with E-state index in [4.69, 9.17) is 16.3 Å². The standard InChI is InChI=1S/C19H15ClN4OS/c20-15-11-26-19-17(15)18(23-12-24-19)22-10-8-13-4-6-14(7-5-13)25-16-3-1-2-9-21-16/h1-7,9,11-12H,8,10H2,(H,22,23,24). The number of nitrogens with one attached hydrogen (secondary N) is 1. The molecule has 130 valence electrons. The summed E-state index contributed by atoms with van der Waals surface area (Å²) in [6, 6.07) is 13.6. The van der Waals surface area contributed by atoms with E-state index in [1.165, 1.54) is 16.9 Å². The molecule has 7 heteroatoms. The van der Waals surface area contributed by atoms with Crippen molar-refractivity contribution in [2.24, 2.45) is 0 Å². The van der Waals surface area contributed by atoms with E-state index in [-0.39, 0.29) is 0 Å². The fourth-order valence-electron chi connectivity index (χ4n) is 2.55. The van der Waals surface area contributed by atoms with Crippen molar-refractivity contribution in [3.63, 3.8) is 0 Å². The molecule has 4 rings (SSSR count). The Kier molecular flexibility index (Phi) is 4.95. The lowest BCUT2D eigenvalue weighted by atomic mass is 10.1. The summed E-state index contributed by atoms with van der Waals surface area (Å²) < 4.78 is 5.70. The highest BCUT2D eigenvalue weighted by molar-refractivity contribution is 7.17. The Bertz CT molecular complexity index is 1010. The van der Waals surface area contributed by atoms with Crippen molar-refractivity contribution in [3.05, 3.63) is 71.0 Å². The number of hydrogen-bond donors (Lipinski definition) is 1. The van der Waals surface area contributed by atoms with Gasteiger partial charge in [0.15, 0.2) is 0 Å². The van der Waals surface area contributed by atoms with E-state index in [0.717, 1.165) is 34.7 Å². The Balaban J connectivity index is 1.37. The van der Waals surface area contributed by atoms with Gasteiger partial charge in [0, 0.05) is 24.2 Å². The van der Waals surface area contributed by atoms with Crippen molar-refractivity contribution in [2.75, 3.05) is 11.9 Å². The first kappa shape index (κ1) is 16.8. The van der Waals surface area contributed by atoms with E-state index < -0.39 is 0 Å². The zero-order valence-corrected chi connectivity index (χ0v) is 15.3. The fourth-order valence-corrected chi connectivity index (χ4v) is 3.69. The van der Waals surface area contributed by atoms with E-state index in [1.54, 1.807) is 12.5 Å². The third-order valence-corrected chi connectivity index (χ3v) is 5.13. The number of halogens is 1. The summed E-state index contributed by atoms with van der Waals surface area (Å²) in [5, 5.41) is 6.80. The molecule has 26 heavy (non-hydrogen) atoms. The van der Waals surface area contributed by atoms with Gasteiger partial charge < -0.3 is 10.1 Å². The predicted octanol–water partition coefficient (Wildman–Crippen LogP) is 5.19. The number of anilines is 1. The van der Waals surface area contributed by atoms with E-state index in [1.807, 2.05) is 47.8 Å². The molecule has 0 aliphatic rings. The minimum absolute atomic E-state index is 0.585. The maximum absolute atomic E-state index is 6.23. The van der Waals surface area contributed by atoms with Gasteiger partial charge in [-0.3, -0.25) is 0 Å². The first-order valence-corrected chi connectivity index (χ1v) is 9.35. The van der Waals surface area contributed by atoms with Crippen molar-refractivity contribution in [1.29, 1.82) is 0 Å². The average molecular weight is 383 g/mol. The van der Waals surface area contributed by atoms with Crippen LogP contribution in [0.4, 0.5) is 5.82 Å². The van der Waals surface area contributed by atoms with Gasteiger partial charge >= 0.3 is 0 Å². The molecule has 3 aromatic heterocycles. The lowest BCUT2D eigenvalue weighted by molar-refractivity contribution is 0.463. The second kappa shape index (κ2) is 7.68. The molecule has 0 spiro atoms. The summed E-state index contributed by atoms with van der Waals surface area (Å²) in [5.74, 6) is 2.13. The summed E-state index contributed by atoms with van der Waals surface area (Å²) >= 11 is 7.75. The second-order valence-corrected chi connectivity index (χ2v) is 6.84. The van der Waals surface area contributed by atoms with Gasteiger partial charge in [-0.25, -0.2) is 15.0 Å². The van der Waals surface area contributed by atoms with Crippen molar-refractivity contribution in [2.45, 2.75) is 6.42 Å². The Labute approximate surface area is 159 Å². The van der Waals surface area contributed by atoms with Crippen LogP contribution >= 0.6 is 22.9 Å². The van der Waals surface area contributed by atoms with Gasteiger partial charge in [-0.15, -0.1) is 11.3 Å². The van der Waals surface area contributed by atoms with Crippen LogP contribution in [0.25, 0.3) is 10.2 Å². The molecule has 0 radical (unpaired) electrons. The van der Waals surface area contributed by atoms with Gasteiger partial charge in [0.25, 0.3) is 0 Å². The van der Waals surface area contributed by atoms with Gasteiger partial charge in [-0.05, 0) is 30.2 Å². The van der Waals surface area contributed by atoms with Crippen LogP contribution < -0.4 is 10.1 Å². The quantitative estimate of drug-likeness (QED) is 0.497. The number of rotatable bonds is 6. The highest BCUT2D eigenvalue weighted by Crippen LogP contribution is 2.32. The molecular formula is C19H15ClN4OS. The molecule has 0 fully saturated rings. The van der Waals surface area contributed by atoms with Crippen LogP contribution in [-0.4, -0.2) is 21.5 Å². The molecule has 5 nitrogen and oxygen atoms in total. The largest absolute Gasteiger partial charge is 0.439 e. The second-order valence-electron chi connectivity index (χ2n) is 5.58. The predicted molar refractivity (Wildman–Crippen MR) is 105 cm³/mol. The third-order valence-electron chi connectivity index (χ3n) is 3.81. The van der Waals surface area contributed by atoms with Crippen LogP contribution in [0.3, 0.4) is 0 Å². The lowest BCUT2D eigenvalue weighted by Gasteiger charge is -2.08. The highest BCUT2D eigenvalue weighted by atomic mass is 35.5. The highest BCUT2D eigenvalue weighted by Gasteiger charge is 2.09. The molecule has 0 unspecified atom stereocenters. The minimum Gasteiger partial charge on any atom is -0.439 e. The summed E-state index contributed by atoms with van der Waals surface area (Å²) in [5.41, 5.74) is 1.20. The van der Waals surface area contributed by atoms with Gasteiger partial charge in [0.2, 0.25) is 5.88 Å². The number of ether oxygens (including phenoxy) is 1. The van der Waals surface area contributed by atoms with Crippen LogP contribution in [0.1, 0.15) is 5.56 Å². The molecule has 3 heterocycles. The zero-order chi connectivity index (χ0) is 17.8. The first-order valence-electron chi connectivity index (χ1n) is 8.09. The Hall–Kier alpha value is -2.70. The maximum atomic E-state index is 6.23. The summed E-state index contributed by atoms with van der Waals surface area (Å²) in [7, 11) is 0. The SMILES string of the molecule is Clc1csc2ncnc(NCCc3ccc(Oc4ccccn4)cc3)c12. The molecule has 0 amide bonds. The van der Waals surface area contributed by atoms with Gasteiger partial charge in [0.1, 0.15) is 22.7 Å². The summed E-state index contributed by atoms with van der Waals surface area (Å²) in [6.45, 7) is 0.749. The molecule has 0 saturated carbocycles. The van der Waals surface area contributed by atoms with Crippen molar-refractivity contribution < 1.29 is 4.74 Å². The summed E-state index contributed by atoms with van der Waals surface area (Å²) in [6.07, 6.45) is 4.12. The number of hydrogen-bond acceptors (Lipinski definition) is 6. The van der Waals surface area contributed by atoms with E-state index >= 15 is 0 Å². The molecule has 0 aliphatic heterocycles. The van der Waals surface area contributed by atoms with Crippen LogP contribution in [0, 0.1) is 0 Å². The molecule has 0 aliphatic carbocycles. The van der Waals surface area contributed by atoms with Gasteiger partial charge in [0.05, 0.1) is 10.4 Å². The van der Waals surface area contributed by atoms with E-state index in [2.05, 4.69) is 20.3 Å². The molecular weight excluding hydrogens is 368 g/mol. The topological polar surface area (TPSA) is 59.9 Å². The number of fused-ring (bicyclic) bond motifs is 1. The number of nitrogens with zero attached hydrogens (tertiary/aromatic N) is 3. The Morgan fingerprint density at radius 3 is 2.73 bits per heavy atom. The van der Waals surface area contributed by atoms with Crippen molar-refractivity contribution >= 4 is 39.0 Å². The fraction of sp³-hybridized carbons (Fsp3) is 0.105. The van der Waals surface area contributed by atoms with Gasteiger partial charge in [-0.2, -0.15) is 0 Å².